The molecule has 0 saturated carbocycles. The van der Waals surface area contributed by atoms with Crippen LogP contribution in [-0.4, -0.2) is 49.3 Å². The Morgan fingerprint density at radius 1 is 0.519 bits per heavy atom. The molecule has 0 unspecified atom stereocenters. The van der Waals surface area contributed by atoms with Crippen molar-refractivity contribution in [1.82, 2.24) is 0 Å². The van der Waals surface area contributed by atoms with Gasteiger partial charge in [0, 0.05) is 0 Å². The van der Waals surface area contributed by atoms with Crippen molar-refractivity contribution in [2.45, 2.75) is 111 Å². The minimum atomic E-state index is -1.27. The molecule has 0 aromatic heterocycles. The van der Waals surface area contributed by atoms with Crippen LogP contribution in [-0.2, 0) is 23.8 Å². The van der Waals surface area contributed by atoms with E-state index in [1.807, 2.05) is 24.3 Å². The smallest absolute Gasteiger partial charge is 0.348 e. The van der Waals surface area contributed by atoms with Crippen molar-refractivity contribution < 1.29 is 42.9 Å². The molecular formula is C41H52N2O9. The third kappa shape index (κ3) is 15.4. The number of carbonyl (C=O) groups excluding carboxylic acids is 4. The van der Waals surface area contributed by atoms with E-state index in [0.717, 1.165) is 37.9 Å². The number of rotatable bonds is 23. The SMILES string of the molecule is CCCCCCCCCOc1ccc(N=Nc2ccc(C(=O)Oc3ccc(C(=O)O[C@@H](C)C(=O)O[C@@H](C)C(=O)OCCCCCC)cc3)cc2)cc1. The number of hydrogen-bond donors (Lipinski definition) is 0. The van der Waals surface area contributed by atoms with E-state index in [1.165, 1.54) is 76.6 Å². The van der Waals surface area contributed by atoms with Crippen LogP contribution in [0.4, 0.5) is 11.4 Å². The lowest BCUT2D eigenvalue weighted by atomic mass is 10.1. The highest BCUT2D eigenvalue weighted by molar-refractivity contribution is 5.93. The van der Waals surface area contributed by atoms with Crippen molar-refractivity contribution >= 4 is 35.3 Å². The maximum Gasteiger partial charge on any atom is 0.348 e. The molecule has 0 aliphatic heterocycles. The van der Waals surface area contributed by atoms with E-state index in [1.54, 1.807) is 24.3 Å². The minimum Gasteiger partial charge on any atom is -0.494 e. The Kier molecular flexibility index (Phi) is 18.6. The summed E-state index contributed by atoms with van der Waals surface area (Å²) < 4.78 is 26.7. The summed E-state index contributed by atoms with van der Waals surface area (Å²) in [4.78, 5) is 49.8. The van der Waals surface area contributed by atoms with Crippen LogP contribution < -0.4 is 9.47 Å². The Morgan fingerprint density at radius 2 is 0.981 bits per heavy atom. The van der Waals surface area contributed by atoms with E-state index >= 15 is 0 Å². The first-order valence-electron chi connectivity index (χ1n) is 18.3. The maximum absolute atomic E-state index is 12.7. The van der Waals surface area contributed by atoms with Gasteiger partial charge >= 0.3 is 23.9 Å². The summed E-state index contributed by atoms with van der Waals surface area (Å²) in [5.41, 5.74) is 1.66. The number of hydrogen-bond acceptors (Lipinski definition) is 11. The molecule has 52 heavy (non-hydrogen) atoms. The van der Waals surface area contributed by atoms with E-state index in [2.05, 4.69) is 24.1 Å². The second-order valence-corrected chi connectivity index (χ2v) is 12.5. The molecule has 0 aliphatic carbocycles. The number of ether oxygens (including phenoxy) is 5. The maximum atomic E-state index is 12.7. The molecule has 280 valence electrons. The number of esters is 4. The summed E-state index contributed by atoms with van der Waals surface area (Å²) >= 11 is 0. The summed E-state index contributed by atoms with van der Waals surface area (Å²) in [6.45, 7) is 8.00. The summed E-state index contributed by atoms with van der Waals surface area (Å²) in [6, 6.07) is 19.6. The van der Waals surface area contributed by atoms with E-state index in [-0.39, 0.29) is 17.9 Å². The van der Waals surface area contributed by atoms with Gasteiger partial charge in [0.1, 0.15) is 11.5 Å². The minimum absolute atomic E-state index is 0.124. The van der Waals surface area contributed by atoms with E-state index in [9.17, 15) is 19.2 Å². The van der Waals surface area contributed by atoms with Crippen molar-refractivity contribution in [2.24, 2.45) is 10.2 Å². The second-order valence-electron chi connectivity index (χ2n) is 12.5. The molecule has 11 nitrogen and oxygen atoms in total. The first-order valence-corrected chi connectivity index (χ1v) is 18.3. The molecule has 0 aliphatic rings. The third-order valence-electron chi connectivity index (χ3n) is 8.02. The van der Waals surface area contributed by atoms with Crippen LogP contribution in [0.3, 0.4) is 0 Å². The zero-order valence-electron chi connectivity index (χ0n) is 30.8. The van der Waals surface area contributed by atoms with Gasteiger partial charge in [-0.2, -0.15) is 10.2 Å². The Morgan fingerprint density at radius 3 is 1.60 bits per heavy atom. The lowest BCUT2D eigenvalue weighted by Gasteiger charge is -2.16. The molecule has 0 saturated heterocycles. The van der Waals surface area contributed by atoms with Gasteiger partial charge in [-0.1, -0.05) is 71.6 Å². The molecule has 0 heterocycles. The monoisotopic (exact) mass is 716 g/mol. The van der Waals surface area contributed by atoms with Crippen LogP contribution in [0.15, 0.2) is 83.0 Å². The highest BCUT2D eigenvalue weighted by atomic mass is 16.6. The standard InChI is InChI=1S/C41H52N2O9/c1-5-7-9-11-12-13-15-28-48-36-26-22-35(23-27-36)43-42-34-20-16-32(17-21-34)41(47)52-37-24-18-33(19-25-37)40(46)51-31(4)39(45)50-30(3)38(44)49-29-14-10-8-6-2/h16-27,30-31H,5-15,28-29H2,1-4H3/t30-,31-/m0/s1. The van der Waals surface area contributed by atoms with Crippen molar-refractivity contribution in [3.05, 3.63) is 83.9 Å². The average Bonchev–Trinajstić information content (AvgIpc) is 3.15. The molecule has 3 aromatic carbocycles. The Balaban J connectivity index is 1.39. The molecule has 2 atom stereocenters. The molecule has 3 rings (SSSR count). The van der Waals surface area contributed by atoms with Crippen LogP contribution >= 0.6 is 0 Å². The summed E-state index contributed by atoms with van der Waals surface area (Å²) in [6.07, 6.45) is 10.1. The van der Waals surface area contributed by atoms with E-state index < -0.39 is 36.1 Å². The predicted molar refractivity (Wildman–Crippen MR) is 197 cm³/mol. The van der Waals surface area contributed by atoms with Crippen LogP contribution in [0.5, 0.6) is 11.5 Å². The zero-order valence-corrected chi connectivity index (χ0v) is 30.8. The lowest BCUT2D eigenvalue weighted by Crippen LogP contribution is -2.33. The van der Waals surface area contributed by atoms with Gasteiger partial charge in [-0.3, -0.25) is 0 Å². The van der Waals surface area contributed by atoms with Crippen molar-refractivity contribution in [1.29, 1.82) is 0 Å². The van der Waals surface area contributed by atoms with E-state index in [4.69, 9.17) is 23.7 Å². The molecule has 0 bridgehead atoms. The highest BCUT2D eigenvalue weighted by Gasteiger charge is 2.26. The number of benzene rings is 3. The zero-order chi connectivity index (χ0) is 37.6. The second kappa shape index (κ2) is 23.4. The largest absolute Gasteiger partial charge is 0.494 e. The fourth-order valence-electron chi connectivity index (χ4n) is 4.88. The average molecular weight is 717 g/mol. The van der Waals surface area contributed by atoms with Gasteiger partial charge < -0.3 is 23.7 Å². The van der Waals surface area contributed by atoms with Crippen molar-refractivity contribution in [2.75, 3.05) is 13.2 Å². The van der Waals surface area contributed by atoms with Gasteiger partial charge in [-0.25, -0.2) is 19.2 Å². The summed E-state index contributed by atoms with van der Waals surface area (Å²) in [5.74, 6) is -1.93. The lowest BCUT2D eigenvalue weighted by molar-refractivity contribution is -0.171. The number of unbranched alkanes of at least 4 members (excludes halogenated alkanes) is 9. The Bertz CT molecular complexity index is 1550. The number of nitrogens with zero attached hydrogens (tertiary/aromatic N) is 2. The number of carbonyl (C=O) groups is 4. The van der Waals surface area contributed by atoms with Crippen molar-refractivity contribution in [3.8, 4) is 11.5 Å². The molecule has 11 heteroatoms. The molecule has 3 aromatic rings. The van der Waals surface area contributed by atoms with Gasteiger partial charge in [0.05, 0.1) is 35.7 Å². The Labute approximate surface area is 307 Å². The Hall–Kier alpha value is -5.06. The summed E-state index contributed by atoms with van der Waals surface area (Å²) in [5, 5.41) is 8.51. The van der Waals surface area contributed by atoms with Crippen LogP contribution in [0.25, 0.3) is 0 Å². The molecular weight excluding hydrogens is 664 g/mol. The normalized spacial score (nSPS) is 12.2. The van der Waals surface area contributed by atoms with Crippen LogP contribution in [0.2, 0.25) is 0 Å². The van der Waals surface area contributed by atoms with Crippen LogP contribution in [0, 0.1) is 0 Å². The fourth-order valence-corrected chi connectivity index (χ4v) is 4.88. The first-order chi connectivity index (χ1) is 25.2. The number of azo groups is 1. The molecule has 0 radical (unpaired) electrons. The molecule has 0 N–H and O–H groups in total. The molecule has 0 amide bonds. The van der Waals surface area contributed by atoms with Gasteiger partial charge in [0.2, 0.25) is 0 Å². The quantitative estimate of drug-likeness (QED) is 0.0308. The van der Waals surface area contributed by atoms with E-state index in [0.29, 0.717) is 23.5 Å². The predicted octanol–water partition coefficient (Wildman–Crippen LogP) is 10.1. The van der Waals surface area contributed by atoms with Crippen LogP contribution in [0.1, 0.15) is 119 Å². The van der Waals surface area contributed by atoms with Gasteiger partial charge in [-0.05, 0) is 99.5 Å². The van der Waals surface area contributed by atoms with Crippen molar-refractivity contribution in [3.63, 3.8) is 0 Å². The first kappa shape index (κ1) is 41.4. The molecule has 0 fully saturated rings. The molecule has 0 spiro atoms. The highest BCUT2D eigenvalue weighted by Crippen LogP contribution is 2.23. The van der Waals surface area contributed by atoms with Gasteiger partial charge in [0.15, 0.2) is 12.2 Å². The summed E-state index contributed by atoms with van der Waals surface area (Å²) in [7, 11) is 0. The third-order valence-corrected chi connectivity index (χ3v) is 8.02. The van der Waals surface area contributed by atoms with Gasteiger partial charge in [-0.15, -0.1) is 0 Å². The fraction of sp³-hybridized carbons (Fsp3) is 0.463. The topological polar surface area (TPSA) is 139 Å². The van der Waals surface area contributed by atoms with Gasteiger partial charge in [0.25, 0.3) is 0 Å².